The molecule has 2 atom stereocenters. The molecule has 1 saturated heterocycles. The second-order valence-corrected chi connectivity index (χ2v) is 6.37. The average molecular weight is 228 g/mol. The van der Waals surface area contributed by atoms with Crippen LogP contribution in [0, 0.1) is 5.92 Å². The number of aliphatic hydroxyl groups excluding tert-OH is 1. The van der Waals surface area contributed by atoms with Crippen molar-refractivity contribution in [2.45, 2.75) is 77.0 Å². The molecule has 2 fully saturated rings. The van der Waals surface area contributed by atoms with Crippen molar-refractivity contribution in [3.8, 4) is 0 Å². The molecule has 1 spiro atoms. The molecule has 1 heterocycles. The van der Waals surface area contributed by atoms with Crippen molar-refractivity contribution >= 4 is 0 Å². The van der Waals surface area contributed by atoms with Crippen LogP contribution in [0.3, 0.4) is 0 Å². The van der Waals surface area contributed by atoms with Crippen molar-refractivity contribution in [2.75, 3.05) is 0 Å². The van der Waals surface area contributed by atoms with Gasteiger partial charge in [0, 0.05) is 12.3 Å². The van der Waals surface area contributed by atoms with Gasteiger partial charge in [0.25, 0.3) is 0 Å². The fraction of sp³-hybridized carbons (Fsp3) is 1.00. The van der Waals surface area contributed by atoms with Gasteiger partial charge in [0.15, 0.2) is 5.79 Å². The first-order valence-corrected chi connectivity index (χ1v) is 6.27. The van der Waals surface area contributed by atoms with E-state index < -0.39 is 5.79 Å². The molecule has 2 aliphatic rings. The third-order valence-electron chi connectivity index (χ3n) is 4.51. The van der Waals surface area contributed by atoms with Crippen LogP contribution in [-0.2, 0) is 9.47 Å². The Kier molecular flexibility index (Phi) is 2.65. The first-order chi connectivity index (χ1) is 7.19. The summed E-state index contributed by atoms with van der Waals surface area (Å²) >= 11 is 0. The number of hydrogen-bond acceptors (Lipinski definition) is 3. The van der Waals surface area contributed by atoms with Crippen molar-refractivity contribution < 1.29 is 14.6 Å². The van der Waals surface area contributed by atoms with Gasteiger partial charge in [-0.2, -0.15) is 0 Å². The Morgan fingerprint density at radius 2 is 1.56 bits per heavy atom. The highest BCUT2D eigenvalue weighted by Crippen LogP contribution is 2.51. The van der Waals surface area contributed by atoms with Gasteiger partial charge in [-0.3, -0.25) is 0 Å². The summed E-state index contributed by atoms with van der Waals surface area (Å²) in [7, 11) is 0. The Hall–Kier alpha value is -0.120. The molecule has 94 valence electrons. The van der Waals surface area contributed by atoms with Crippen LogP contribution < -0.4 is 0 Å². The van der Waals surface area contributed by atoms with E-state index in [1.807, 2.05) is 0 Å². The molecule has 0 aromatic heterocycles. The molecule has 1 N–H and O–H groups in total. The third-order valence-corrected chi connectivity index (χ3v) is 4.51. The van der Waals surface area contributed by atoms with E-state index >= 15 is 0 Å². The average Bonchev–Trinajstić information content (AvgIpc) is 2.28. The lowest BCUT2D eigenvalue weighted by atomic mass is 9.83. The fourth-order valence-corrected chi connectivity index (χ4v) is 2.75. The van der Waals surface area contributed by atoms with Crippen LogP contribution in [0.25, 0.3) is 0 Å². The minimum atomic E-state index is -0.480. The zero-order valence-electron chi connectivity index (χ0n) is 11.0. The maximum atomic E-state index is 9.67. The lowest BCUT2D eigenvalue weighted by molar-refractivity contribution is -0.246. The van der Waals surface area contributed by atoms with Gasteiger partial charge in [0.1, 0.15) is 0 Å². The maximum absolute atomic E-state index is 9.67. The quantitative estimate of drug-likeness (QED) is 0.692. The molecule has 16 heavy (non-hydrogen) atoms. The highest BCUT2D eigenvalue weighted by molar-refractivity contribution is 5.02. The predicted molar refractivity (Wildman–Crippen MR) is 62.1 cm³/mol. The van der Waals surface area contributed by atoms with Gasteiger partial charge >= 0.3 is 0 Å². The zero-order chi connectivity index (χ0) is 12.2. The van der Waals surface area contributed by atoms with Gasteiger partial charge in [0.2, 0.25) is 0 Å². The van der Waals surface area contributed by atoms with Crippen LogP contribution in [0.5, 0.6) is 0 Å². The van der Waals surface area contributed by atoms with E-state index in [1.165, 1.54) is 0 Å². The summed E-state index contributed by atoms with van der Waals surface area (Å²) in [4.78, 5) is 0. The standard InChI is InChI=1S/C13H24O3/c1-9-8-10(14)6-7-13(9)15-11(2,3)12(4,5)16-13/h9-10,14H,6-8H2,1-5H3/t9-,10?/m1/s1. The molecule has 2 rings (SSSR count). The third kappa shape index (κ3) is 1.69. The van der Waals surface area contributed by atoms with Crippen LogP contribution >= 0.6 is 0 Å². The zero-order valence-corrected chi connectivity index (χ0v) is 11.0. The van der Waals surface area contributed by atoms with Crippen molar-refractivity contribution in [1.29, 1.82) is 0 Å². The van der Waals surface area contributed by atoms with Crippen molar-refractivity contribution in [3.05, 3.63) is 0 Å². The summed E-state index contributed by atoms with van der Waals surface area (Å²) in [6, 6.07) is 0. The van der Waals surface area contributed by atoms with E-state index in [4.69, 9.17) is 9.47 Å². The first kappa shape index (κ1) is 12.3. The highest BCUT2D eigenvalue weighted by atomic mass is 16.8. The number of rotatable bonds is 0. The van der Waals surface area contributed by atoms with Gasteiger partial charge in [0.05, 0.1) is 17.3 Å². The van der Waals surface area contributed by atoms with E-state index in [2.05, 4.69) is 34.6 Å². The Balaban J connectivity index is 2.23. The molecular formula is C13H24O3. The molecule has 1 aliphatic carbocycles. The minimum absolute atomic E-state index is 0.195. The Bertz CT molecular complexity index is 267. The van der Waals surface area contributed by atoms with E-state index in [9.17, 15) is 5.11 Å². The first-order valence-electron chi connectivity index (χ1n) is 6.27. The normalized spacial score (nSPS) is 40.1. The van der Waals surface area contributed by atoms with Crippen LogP contribution in [0.1, 0.15) is 53.9 Å². The molecular weight excluding hydrogens is 204 g/mol. The fourth-order valence-electron chi connectivity index (χ4n) is 2.75. The summed E-state index contributed by atoms with van der Waals surface area (Å²) < 4.78 is 12.4. The minimum Gasteiger partial charge on any atom is -0.393 e. The molecule has 0 bridgehead atoms. The Labute approximate surface area is 98.1 Å². The van der Waals surface area contributed by atoms with Gasteiger partial charge < -0.3 is 14.6 Å². The number of aliphatic hydroxyl groups is 1. The monoisotopic (exact) mass is 228 g/mol. The van der Waals surface area contributed by atoms with Gasteiger partial charge in [-0.05, 0) is 40.5 Å². The molecule has 1 unspecified atom stereocenters. The lowest BCUT2D eigenvalue weighted by Gasteiger charge is -2.40. The number of ether oxygens (including phenoxy) is 2. The van der Waals surface area contributed by atoms with Gasteiger partial charge in [-0.15, -0.1) is 0 Å². The molecule has 0 aromatic carbocycles. The van der Waals surface area contributed by atoms with Crippen LogP contribution in [0.2, 0.25) is 0 Å². The predicted octanol–water partition coefficient (Wildman–Crippen LogP) is 2.47. The van der Waals surface area contributed by atoms with Crippen LogP contribution in [-0.4, -0.2) is 28.2 Å². The van der Waals surface area contributed by atoms with E-state index in [1.54, 1.807) is 0 Å². The highest BCUT2D eigenvalue weighted by Gasteiger charge is 2.59. The molecule has 3 nitrogen and oxygen atoms in total. The summed E-state index contributed by atoms with van der Waals surface area (Å²) in [6.07, 6.45) is 2.14. The largest absolute Gasteiger partial charge is 0.393 e. The van der Waals surface area contributed by atoms with Gasteiger partial charge in [-0.1, -0.05) is 6.92 Å². The van der Waals surface area contributed by atoms with Crippen LogP contribution in [0.15, 0.2) is 0 Å². The van der Waals surface area contributed by atoms with E-state index in [-0.39, 0.29) is 23.2 Å². The van der Waals surface area contributed by atoms with Crippen molar-refractivity contribution in [2.24, 2.45) is 5.92 Å². The molecule has 3 heteroatoms. The lowest BCUT2D eigenvalue weighted by Crippen LogP contribution is -2.45. The molecule has 0 radical (unpaired) electrons. The molecule has 1 aliphatic heterocycles. The molecule has 1 saturated carbocycles. The maximum Gasteiger partial charge on any atom is 0.172 e. The topological polar surface area (TPSA) is 38.7 Å². The second kappa shape index (κ2) is 3.44. The summed E-state index contributed by atoms with van der Waals surface area (Å²) in [5.74, 6) is -0.232. The SMILES string of the molecule is C[C@@H]1CC(O)CCC12OC(C)(C)C(C)(C)O2. The second-order valence-electron chi connectivity index (χ2n) is 6.37. The summed E-state index contributed by atoms with van der Waals surface area (Å²) in [5.41, 5.74) is -0.549. The van der Waals surface area contributed by atoms with Gasteiger partial charge in [-0.25, -0.2) is 0 Å². The Morgan fingerprint density at radius 1 is 1.06 bits per heavy atom. The summed E-state index contributed by atoms with van der Waals surface area (Å²) in [5, 5.41) is 9.67. The van der Waals surface area contributed by atoms with E-state index in [0.717, 1.165) is 19.3 Å². The van der Waals surface area contributed by atoms with Crippen molar-refractivity contribution in [1.82, 2.24) is 0 Å². The van der Waals surface area contributed by atoms with E-state index in [0.29, 0.717) is 0 Å². The molecule has 0 aromatic rings. The van der Waals surface area contributed by atoms with Crippen LogP contribution in [0.4, 0.5) is 0 Å². The van der Waals surface area contributed by atoms with Crippen molar-refractivity contribution in [3.63, 3.8) is 0 Å². The summed E-state index contributed by atoms with van der Waals surface area (Å²) in [6.45, 7) is 10.4. The smallest absolute Gasteiger partial charge is 0.172 e. The number of hydrogen-bond donors (Lipinski definition) is 1. The Morgan fingerprint density at radius 3 is 2.00 bits per heavy atom. The molecule has 0 amide bonds.